The SMILES string of the molecule is Cc1cc(F)ccc1S(=O)(=O)Nc1nc(C)c(-c2cccnc2)s1. The first-order valence-corrected chi connectivity index (χ1v) is 9.33. The number of rotatable bonds is 4. The van der Waals surface area contributed by atoms with Crippen LogP contribution in [0, 0.1) is 19.7 Å². The van der Waals surface area contributed by atoms with Crippen molar-refractivity contribution in [3.05, 3.63) is 59.8 Å². The van der Waals surface area contributed by atoms with Gasteiger partial charge >= 0.3 is 0 Å². The van der Waals surface area contributed by atoms with E-state index in [4.69, 9.17) is 0 Å². The molecule has 0 saturated heterocycles. The predicted molar refractivity (Wildman–Crippen MR) is 92.0 cm³/mol. The lowest BCUT2D eigenvalue weighted by molar-refractivity contribution is 0.598. The van der Waals surface area contributed by atoms with Crippen LogP contribution in [0.25, 0.3) is 10.4 Å². The second kappa shape index (κ2) is 6.29. The van der Waals surface area contributed by atoms with Crippen molar-refractivity contribution in [3.8, 4) is 10.4 Å². The highest BCUT2D eigenvalue weighted by molar-refractivity contribution is 7.93. The minimum absolute atomic E-state index is 0.0275. The number of nitrogens with one attached hydrogen (secondary N) is 1. The average Bonchev–Trinajstić information content (AvgIpc) is 2.87. The van der Waals surface area contributed by atoms with Crippen LogP contribution in [0.4, 0.5) is 9.52 Å². The Kier molecular flexibility index (Phi) is 4.33. The second-order valence-corrected chi connectivity index (χ2v) is 7.84. The molecule has 24 heavy (non-hydrogen) atoms. The van der Waals surface area contributed by atoms with Crippen LogP contribution < -0.4 is 4.72 Å². The molecule has 0 bridgehead atoms. The van der Waals surface area contributed by atoms with Crippen molar-refractivity contribution < 1.29 is 12.8 Å². The normalized spacial score (nSPS) is 11.5. The first-order valence-electron chi connectivity index (χ1n) is 7.03. The topological polar surface area (TPSA) is 72.0 Å². The maximum Gasteiger partial charge on any atom is 0.263 e. The minimum Gasteiger partial charge on any atom is -0.264 e. The lowest BCUT2D eigenvalue weighted by Crippen LogP contribution is -2.14. The molecule has 0 aliphatic heterocycles. The number of nitrogens with zero attached hydrogens (tertiary/aromatic N) is 2. The zero-order valence-corrected chi connectivity index (χ0v) is 14.6. The highest BCUT2D eigenvalue weighted by Gasteiger charge is 2.20. The smallest absolute Gasteiger partial charge is 0.263 e. The van der Waals surface area contributed by atoms with E-state index in [1.807, 2.05) is 6.07 Å². The first kappa shape index (κ1) is 16.5. The van der Waals surface area contributed by atoms with Crippen molar-refractivity contribution in [3.63, 3.8) is 0 Å². The first-order chi connectivity index (χ1) is 11.4. The average molecular weight is 363 g/mol. The van der Waals surface area contributed by atoms with E-state index in [0.29, 0.717) is 11.3 Å². The highest BCUT2D eigenvalue weighted by atomic mass is 32.2. The Balaban J connectivity index is 1.94. The molecule has 2 heterocycles. The summed E-state index contributed by atoms with van der Waals surface area (Å²) in [6, 6.07) is 7.24. The number of aromatic nitrogens is 2. The summed E-state index contributed by atoms with van der Waals surface area (Å²) in [5.74, 6) is -0.476. The molecule has 0 aliphatic carbocycles. The summed E-state index contributed by atoms with van der Waals surface area (Å²) in [5, 5.41) is 0.259. The van der Waals surface area contributed by atoms with Crippen molar-refractivity contribution in [2.24, 2.45) is 0 Å². The molecule has 1 N–H and O–H groups in total. The Morgan fingerprint density at radius 2 is 2.00 bits per heavy atom. The maximum absolute atomic E-state index is 13.2. The molecule has 0 aliphatic rings. The molecule has 0 saturated carbocycles. The van der Waals surface area contributed by atoms with Crippen molar-refractivity contribution in [2.75, 3.05) is 4.72 Å². The summed E-state index contributed by atoms with van der Waals surface area (Å²) in [6.07, 6.45) is 3.36. The van der Waals surface area contributed by atoms with E-state index >= 15 is 0 Å². The van der Waals surface area contributed by atoms with Gasteiger partial charge in [0.15, 0.2) is 5.13 Å². The number of thiazole rings is 1. The van der Waals surface area contributed by atoms with Gasteiger partial charge in [0, 0.05) is 18.0 Å². The van der Waals surface area contributed by atoms with E-state index < -0.39 is 15.8 Å². The predicted octanol–water partition coefficient (Wildman–Crippen LogP) is 3.76. The number of sulfonamides is 1. The quantitative estimate of drug-likeness (QED) is 0.766. The standard InChI is InChI=1S/C16H14FN3O2S2/c1-10-8-13(17)5-6-14(10)24(21,22)20-16-19-11(2)15(23-16)12-4-3-7-18-9-12/h3-9H,1-2H3,(H,19,20). The van der Waals surface area contributed by atoms with Gasteiger partial charge in [-0.15, -0.1) is 0 Å². The van der Waals surface area contributed by atoms with Crippen LogP contribution in [0.1, 0.15) is 11.3 Å². The molecule has 124 valence electrons. The Morgan fingerprint density at radius 1 is 1.21 bits per heavy atom. The molecular weight excluding hydrogens is 349 g/mol. The third kappa shape index (κ3) is 3.29. The molecule has 5 nitrogen and oxygen atoms in total. The summed E-state index contributed by atoms with van der Waals surface area (Å²) in [4.78, 5) is 9.20. The number of hydrogen-bond acceptors (Lipinski definition) is 5. The fourth-order valence-electron chi connectivity index (χ4n) is 2.29. The van der Waals surface area contributed by atoms with Gasteiger partial charge in [0.1, 0.15) is 5.82 Å². The van der Waals surface area contributed by atoms with Gasteiger partial charge in [-0.25, -0.2) is 17.8 Å². The lowest BCUT2D eigenvalue weighted by atomic mass is 10.2. The van der Waals surface area contributed by atoms with Gasteiger partial charge in [-0.05, 0) is 43.7 Å². The number of hydrogen-bond donors (Lipinski definition) is 1. The third-order valence-corrected chi connectivity index (χ3v) is 6.12. The Morgan fingerprint density at radius 3 is 2.67 bits per heavy atom. The van der Waals surface area contributed by atoms with Gasteiger partial charge in [0.25, 0.3) is 10.0 Å². The Labute approximate surface area is 143 Å². The molecule has 0 atom stereocenters. The highest BCUT2D eigenvalue weighted by Crippen LogP contribution is 2.33. The van der Waals surface area contributed by atoms with E-state index in [2.05, 4.69) is 14.7 Å². The van der Waals surface area contributed by atoms with Crippen molar-refractivity contribution in [2.45, 2.75) is 18.7 Å². The molecule has 2 aromatic heterocycles. The maximum atomic E-state index is 13.2. The number of halogens is 1. The molecule has 0 amide bonds. The van der Waals surface area contributed by atoms with Crippen LogP contribution in [0.2, 0.25) is 0 Å². The molecule has 0 radical (unpaired) electrons. The summed E-state index contributed by atoms with van der Waals surface area (Å²) >= 11 is 1.23. The number of benzene rings is 1. The van der Waals surface area contributed by atoms with Crippen molar-refractivity contribution in [1.82, 2.24) is 9.97 Å². The summed E-state index contributed by atoms with van der Waals surface area (Å²) in [5.41, 5.74) is 1.92. The molecule has 0 fully saturated rings. The van der Waals surface area contributed by atoms with Gasteiger partial charge in [-0.3, -0.25) is 9.71 Å². The number of anilines is 1. The van der Waals surface area contributed by atoms with Crippen LogP contribution in [0.3, 0.4) is 0 Å². The molecule has 0 unspecified atom stereocenters. The van der Waals surface area contributed by atoms with Gasteiger partial charge in [0.2, 0.25) is 0 Å². The van der Waals surface area contributed by atoms with Crippen LogP contribution in [-0.2, 0) is 10.0 Å². The van der Waals surface area contributed by atoms with E-state index in [1.54, 1.807) is 32.3 Å². The van der Waals surface area contributed by atoms with Crippen molar-refractivity contribution >= 4 is 26.5 Å². The van der Waals surface area contributed by atoms with Crippen LogP contribution in [0.5, 0.6) is 0 Å². The molecule has 0 spiro atoms. The third-order valence-electron chi connectivity index (χ3n) is 3.37. The van der Waals surface area contributed by atoms with E-state index in [0.717, 1.165) is 16.5 Å². The van der Waals surface area contributed by atoms with E-state index in [-0.39, 0.29) is 10.0 Å². The minimum atomic E-state index is -3.83. The fraction of sp³-hybridized carbons (Fsp3) is 0.125. The van der Waals surface area contributed by atoms with Gasteiger partial charge < -0.3 is 0 Å². The Hall–Kier alpha value is -2.32. The van der Waals surface area contributed by atoms with Gasteiger partial charge in [-0.2, -0.15) is 0 Å². The monoisotopic (exact) mass is 363 g/mol. The number of aryl methyl sites for hydroxylation is 2. The van der Waals surface area contributed by atoms with Crippen LogP contribution in [-0.4, -0.2) is 18.4 Å². The summed E-state index contributed by atoms with van der Waals surface area (Å²) in [7, 11) is -3.83. The zero-order chi connectivity index (χ0) is 17.3. The lowest BCUT2D eigenvalue weighted by Gasteiger charge is -2.08. The van der Waals surface area contributed by atoms with Crippen LogP contribution in [0.15, 0.2) is 47.6 Å². The van der Waals surface area contributed by atoms with Crippen molar-refractivity contribution in [1.29, 1.82) is 0 Å². The summed E-state index contributed by atoms with van der Waals surface area (Å²) < 4.78 is 40.7. The van der Waals surface area contributed by atoms with E-state index in [9.17, 15) is 12.8 Å². The van der Waals surface area contributed by atoms with Crippen LogP contribution >= 0.6 is 11.3 Å². The fourth-order valence-corrected chi connectivity index (χ4v) is 4.71. The largest absolute Gasteiger partial charge is 0.264 e. The molecule has 1 aromatic carbocycles. The molecule has 3 rings (SSSR count). The molecule has 8 heteroatoms. The number of pyridine rings is 1. The molecular formula is C16H14FN3O2S2. The van der Waals surface area contributed by atoms with Gasteiger partial charge in [-0.1, -0.05) is 17.4 Å². The van der Waals surface area contributed by atoms with E-state index in [1.165, 1.54) is 23.5 Å². The second-order valence-electron chi connectivity index (χ2n) is 5.19. The zero-order valence-electron chi connectivity index (χ0n) is 12.9. The summed E-state index contributed by atoms with van der Waals surface area (Å²) in [6.45, 7) is 3.35. The van der Waals surface area contributed by atoms with Gasteiger partial charge in [0.05, 0.1) is 15.5 Å². The Bertz CT molecular complexity index is 986. The molecule has 3 aromatic rings.